The molecule has 2 fully saturated rings. The minimum Gasteiger partial charge on any atom is -0.392 e. The molecule has 160 valence electrons. The van der Waals surface area contributed by atoms with E-state index in [1.165, 1.54) is 0 Å². The first-order valence-electron chi connectivity index (χ1n) is 9.63. The lowest BCUT2D eigenvalue weighted by atomic mass is 9.73. The molecule has 0 aliphatic heterocycles. The second-order valence-corrected chi connectivity index (χ2v) is 7.85. The summed E-state index contributed by atoms with van der Waals surface area (Å²) in [6.07, 6.45) is 5.72. The highest BCUT2D eigenvalue weighted by molar-refractivity contribution is 5.39. The predicted molar refractivity (Wildman–Crippen MR) is 118 cm³/mol. The van der Waals surface area contributed by atoms with Gasteiger partial charge in [-0.15, -0.1) is 0 Å². The average molecular weight is 393 g/mol. The first-order chi connectivity index (χ1) is 12.6. The maximum atomic E-state index is 9.86. The molecule has 4 N–H and O–H groups in total. The zero-order valence-electron chi connectivity index (χ0n) is 17.0. The molecule has 0 spiro atoms. The van der Waals surface area contributed by atoms with Gasteiger partial charge < -0.3 is 20.4 Å². The van der Waals surface area contributed by atoms with E-state index in [0.717, 1.165) is 11.1 Å². The Morgan fingerprint density at radius 3 is 1.82 bits per heavy atom. The van der Waals surface area contributed by atoms with Gasteiger partial charge in [-0.25, -0.2) is 0 Å². The number of aliphatic hydroxyl groups is 4. The van der Waals surface area contributed by atoms with Gasteiger partial charge in [0.05, 0.1) is 24.4 Å². The summed E-state index contributed by atoms with van der Waals surface area (Å²) in [4.78, 5) is 0. The summed E-state index contributed by atoms with van der Waals surface area (Å²) in [5, 5.41) is 39.1. The van der Waals surface area contributed by atoms with Crippen molar-refractivity contribution in [1.82, 2.24) is 0 Å². The monoisotopic (exact) mass is 392 g/mol. The quantitative estimate of drug-likeness (QED) is 0.576. The van der Waals surface area contributed by atoms with Gasteiger partial charge in [-0.05, 0) is 17.6 Å². The Morgan fingerprint density at radius 2 is 1.32 bits per heavy atom. The van der Waals surface area contributed by atoms with Gasteiger partial charge in [-0.1, -0.05) is 84.7 Å². The second kappa shape index (κ2) is 11.5. The van der Waals surface area contributed by atoms with Crippen molar-refractivity contribution in [3.8, 4) is 0 Å². The standard InChI is InChI=1S/C12H18O2.C11H18O2.CH4/c1-5-6-10-7(2)11(13)9(4)12(14)8(10)3;1-4-5-9-6-10(12)8(3)11(13)7(9)2;/h5-6,8-9,11-14H,1-2H2,3-4H3;4-5,7-8,10-13H,1,6H2,2-3H3;1H4/b10-6+;9-5+;/t8-,9+,11-,12-;7-,8+,10-,11-;/m11./s1. The molecule has 0 aromatic heterocycles. The third-order valence-electron chi connectivity index (χ3n) is 6.08. The summed E-state index contributed by atoms with van der Waals surface area (Å²) in [6.45, 7) is 18.7. The third-order valence-corrected chi connectivity index (χ3v) is 6.08. The molecule has 0 unspecified atom stereocenters. The number of hydrogen-bond donors (Lipinski definition) is 4. The van der Waals surface area contributed by atoms with E-state index >= 15 is 0 Å². The lowest BCUT2D eigenvalue weighted by Crippen LogP contribution is -2.41. The van der Waals surface area contributed by atoms with Crippen LogP contribution in [0.15, 0.2) is 60.8 Å². The Bertz CT molecular complexity index is 604. The molecule has 2 aliphatic rings. The summed E-state index contributed by atoms with van der Waals surface area (Å²) < 4.78 is 0. The molecule has 0 heterocycles. The van der Waals surface area contributed by atoms with E-state index in [9.17, 15) is 20.4 Å². The summed E-state index contributed by atoms with van der Waals surface area (Å²) in [6, 6.07) is 0. The summed E-state index contributed by atoms with van der Waals surface area (Å²) in [5.74, 6) is -0.0354. The van der Waals surface area contributed by atoms with Crippen LogP contribution in [0.1, 0.15) is 41.5 Å². The minimum atomic E-state index is -0.646. The molecule has 2 rings (SSSR count). The number of rotatable bonds is 2. The van der Waals surface area contributed by atoms with Crippen molar-refractivity contribution in [2.75, 3.05) is 0 Å². The molecule has 4 heteroatoms. The fourth-order valence-electron chi connectivity index (χ4n) is 3.88. The normalized spacial score (nSPS) is 40.9. The van der Waals surface area contributed by atoms with Gasteiger partial charge in [0.2, 0.25) is 0 Å². The molecule has 2 aliphatic carbocycles. The average Bonchev–Trinajstić information content (AvgIpc) is 2.65. The predicted octanol–water partition coefficient (Wildman–Crippen LogP) is 3.80. The van der Waals surface area contributed by atoms with Crippen LogP contribution in [0, 0.1) is 23.7 Å². The molecule has 4 nitrogen and oxygen atoms in total. The van der Waals surface area contributed by atoms with Crippen LogP contribution < -0.4 is 0 Å². The highest BCUT2D eigenvalue weighted by Crippen LogP contribution is 2.36. The van der Waals surface area contributed by atoms with Gasteiger partial charge in [0.25, 0.3) is 0 Å². The van der Waals surface area contributed by atoms with Crippen molar-refractivity contribution in [1.29, 1.82) is 0 Å². The van der Waals surface area contributed by atoms with Crippen molar-refractivity contribution in [2.45, 2.75) is 66.0 Å². The molecule has 0 saturated heterocycles. The smallest absolute Gasteiger partial charge is 0.0837 e. The molecular weight excluding hydrogens is 352 g/mol. The van der Waals surface area contributed by atoms with Crippen molar-refractivity contribution >= 4 is 0 Å². The van der Waals surface area contributed by atoms with E-state index in [0.29, 0.717) is 12.0 Å². The molecule has 0 aromatic rings. The van der Waals surface area contributed by atoms with E-state index in [1.807, 2.05) is 39.8 Å². The molecular formula is C24H40O4. The summed E-state index contributed by atoms with van der Waals surface area (Å²) in [7, 11) is 0. The zero-order chi connectivity index (χ0) is 20.9. The van der Waals surface area contributed by atoms with Crippen LogP contribution in [0.2, 0.25) is 0 Å². The first-order valence-corrected chi connectivity index (χ1v) is 9.63. The van der Waals surface area contributed by atoms with Gasteiger partial charge in [0.1, 0.15) is 0 Å². The van der Waals surface area contributed by atoms with Crippen LogP contribution in [-0.2, 0) is 0 Å². The molecule has 28 heavy (non-hydrogen) atoms. The molecule has 0 radical (unpaired) electrons. The maximum Gasteiger partial charge on any atom is 0.0837 e. The number of allylic oxidation sites excluding steroid dienone is 4. The van der Waals surface area contributed by atoms with Gasteiger partial charge in [-0.3, -0.25) is 0 Å². The molecule has 8 atom stereocenters. The maximum absolute atomic E-state index is 9.86. The fraction of sp³-hybridized carbons (Fsp3) is 0.583. The van der Waals surface area contributed by atoms with Crippen LogP contribution in [0.3, 0.4) is 0 Å². The largest absolute Gasteiger partial charge is 0.392 e. The Labute approximate surface area is 171 Å². The van der Waals surface area contributed by atoms with E-state index in [2.05, 4.69) is 19.7 Å². The zero-order valence-corrected chi connectivity index (χ0v) is 17.0. The Hall–Kier alpha value is -1.46. The lowest BCUT2D eigenvalue weighted by molar-refractivity contribution is -0.0208. The van der Waals surface area contributed by atoms with Crippen LogP contribution in [-0.4, -0.2) is 44.8 Å². The van der Waals surface area contributed by atoms with Gasteiger partial charge in [0.15, 0.2) is 0 Å². The number of aliphatic hydroxyl groups excluding tert-OH is 4. The summed E-state index contributed by atoms with van der Waals surface area (Å²) >= 11 is 0. The minimum absolute atomic E-state index is 0. The van der Waals surface area contributed by atoms with Crippen molar-refractivity contribution in [3.05, 3.63) is 60.8 Å². The van der Waals surface area contributed by atoms with Crippen LogP contribution in [0.5, 0.6) is 0 Å². The van der Waals surface area contributed by atoms with E-state index in [-0.39, 0.29) is 31.1 Å². The highest BCUT2D eigenvalue weighted by atomic mass is 16.3. The molecule has 0 amide bonds. The fourth-order valence-corrected chi connectivity index (χ4v) is 3.88. The topological polar surface area (TPSA) is 80.9 Å². The van der Waals surface area contributed by atoms with Gasteiger partial charge in [-0.2, -0.15) is 0 Å². The Kier molecular flexibility index (Phi) is 10.9. The second-order valence-electron chi connectivity index (χ2n) is 7.85. The van der Waals surface area contributed by atoms with E-state index in [1.54, 1.807) is 12.2 Å². The SMILES string of the molecule is C.C=C/C=C1\C(=C)[C@@H](O)[C@H](C)[C@H](O)[C@@H]1C.C=C/C=C1\C[C@@H](O)[C@H](C)[C@H](O)[C@@H]1C. The highest BCUT2D eigenvalue weighted by Gasteiger charge is 2.37. The van der Waals surface area contributed by atoms with Crippen LogP contribution in [0.4, 0.5) is 0 Å². The van der Waals surface area contributed by atoms with Crippen molar-refractivity contribution in [2.24, 2.45) is 23.7 Å². The van der Waals surface area contributed by atoms with Crippen LogP contribution >= 0.6 is 0 Å². The first kappa shape index (κ1) is 26.5. The third kappa shape index (κ3) is 5.77. The van der Waals surface area contributed by atoms with Gasteiger partial charge in [0, 0.05) is 23.7 Å². The molecule has 0 bridgehead atoms. The molecule has 0 aromatic carbocycles. The Morgan fingerprint density at radius 1 is 0.821 bits per heavy atom. The van der Waals surface area contributed by atoms with E-state index in [4.69, 9.17) is 0 Å². The van der Waals surface area contributed by atoms with Gasteiger partial charge >= 0.3 is 0 Å². The van der Waals surface area contributed by atoms with E-state index < -0.39 is 24.4 Å². The van der Waals surface area contributed by atoms with Crippen LogP contribution in [0.25, 0.3) is 0 Å². The van der Waals surface area contributed by atoms with Crippen molar-refractivity contribution in [3.63, 3.8) is 0 Å². The Balaban J connectivity index is 0.000000504. The summed E-state index contributed by atoms with van der Waals surface area (Å²) in [5.41, 5.74) is 2.70. The molecule has 2 saturated carbocycles. The number of hydrogen-bond acceptors (Lipinski definition) is 4. The van der Waals surface area contributed by atoms with Crippen molar-refractivity contribution < 1.29 is 20.4 Å². The lowest BCUT2D eigenvalue weighted by Gasteiger charge is -2.38.